The lowest BCUT2D eigenvalue weighted by molar-refractivity contribution is -0.144. The van der Waals surface area contributed by atoms with E-state index in [4.69, 9.17) is 9.47 Å². The van der Waals surface area contributed by atoms with E-state index in [0.29, 0.717) is 18.9 Å². The third-order valence-corrected chi connectivity index (χ3v) is 3.72. The van der Waals surface area contributed by atoms with Crippen LogP contribution in [0, 0.1) is 0 Å². The second-order valence-corrected chi connectivity index (χ2v) is 5.82. The minimum atomic E-state index is -0.347. The van der Waals surface area contributed by atoms with Crippen LogP contribution in [0.25, 0.3) is 0 Å². The van der Waals surface area contributed by atoms with Crippen LogP contribution in [0.5, 0.6) is 5.75 Å². The number of amides is 1. The molecule has 26 heavy (non-hydrogen) atoms. The van der Waals surface area contributed by atoms with Crippen molar-refractivity contribution in [2.45, 2.75) is 32.6 Å². The molecule has 0 aromatic heterocycles. The Morgan fingerprint density at radius 1 is 0.962 bits per heavy atom. The Labute approximate surface area is 154 Å². The molecule has 0 bridgehead atoms. The Balaban J connectivity index is 1.59. The number of benzene rings is 2. The summed E-state index contributed by atoms with van der Waals surface area (Å²) in [5.41, 5.74) is 1.90. The van der Waals surface area contributed by atoms with Gasteiger partial charge in [-0.25, -0.2) is 0 Å². The molecule has 2 aromatic carbocycles. The van der Waals surface area contributed by atoms with Gasteiger partial charge in [-0.3, -0.25) is 9.59 Å². The number of esters is 1. The molecule has 1 amide bonds. The van der Waals surface area contributed by atoms with Gasteiger partial charge in [0.05, 0.1) is 19.6 Å². The first-order valence-electron chi connectivity index (χ1n) is 8.89. The summed E-state index contributed by atoms with van der Waals surface area (Å²) in [6.07, 6.45) is 1.82. The number of anilines is 1. The van der Waals surface area contributed by atoms with Crippen LogP contribution in [0.1, 0.15) is 31.7 Å². The third kappa shape index (κ3) is 7.38. The normalized spacial score (nSPS) is 10.2. The summed E-state index contributed by atoms with van der Waals surface area (Å²) in [5, 5.41) is 2.75. The highest BCUT2D eigenvalue weighted by atomic mass is 16.5. The molecule has 0 aliphatic rings. The highest BCUT2D eigenvalue weighted by Gasteiger charge is 2.08. The van der Waals surface area contributed by atoms with E-state index in [9.17, 15) is 9.59 Å². The number of ether oxygens (including phenoxy) is 2. The van der Waals surface area contributed by atoms with Crippen molar-refractivity contribution in [3.05, 3.63) is 60.2 Å². The second kappa shape index (κ2) is 10.9. The zero-order valence-electron chi connectivity index (χ0n) is 15.1. The molecule has 2 aromatic rings. The lowest BCUT2D eigenvalue weighted by Gasteiger charge is -2.07. The summed E-state index contributed by atoms with van der Waals surface area (Å²) in [6.45, 7) is 2.88. The Hall–Kier alpha value is -2.82. The SMILES string of the molecule is CCOc1ccc(NC(=O)CCC(=O)OCCCc2ccccc2)cc1. The molecular formula is C21H25NO4. The average molecular weight is 355 g/mol. The van der Waals surface area contributed by atoms with E-state index in [0.717, 1.165) is 18.6 Å². The molecule has 1 N–H and O–H groups in total. The van der Waals surface area contributed by atoms with Crippen LogP contribution in [0.2, 0.25) is 0 Å². The van der Waals surface area contributed by atoms with Gasteiger partial charge in [0, 0.05) is 12.1 Å². The maximum Gasteiger partial charge on any atom is 0.306 e. The minimum absolute atomic E-state index is 0.0776. The zero-order valence-corrected chi connectivity index (χ0v) is 15.1. The first kappa shape index (κ1) is 19.5. The molecule has 0 fully saturated rings. The maximum absolute atomic E-state index is 11.9. The molecule has 5 heteroatoms. The minimum Gasteiger partial charge on any atom is -0.494 e. The zero-order chi connectivity index (χ0) is 18.6. The molecule has 0 radical (unpaired) electrons. The number of carbonyl (C=O) groups is 2. The van der Waals surface area contributed by atoms with E-state index >= 15 is 0 Å². The lowest BCUT2D eigenvalue weighted by Crippen LogP contribution is -2.15. The van der Waals surface area contributed by atoms with Crippen LogP contribution in [0.15, 0.2) is 54.6 Å². The molecule has 0 unspecified atom stereocenters. The first-order chi connectivity index (χ1) is 12.7. The number of carbonyl (C=O) groups excluding carboxylic acids is 2. The highest BCUT2D eigenvalue weighted by Crippen LogP contribution is 2.16. The van der Waals surface area contributed by atoms with E-state index in [1.54, 1.807) is 24.3 Å². The molecule has 2 rings (SSSR count). The summed E-state index contributed by atoms with van der Waals surface area (Å²) in [4.78, 5) is 23.6. The van der Waals surface area contributed by atoms with Gasteiger partial charge in [-0.2, -0.15) is 0 Å². The van der Waals surface area contributed by atoms with Gasteiger partial charge in [0.25, 0.3) is 0 Å². The molecule has 0 heterocycles. The van der Waals surface area contributed by atoms with E-state index in [-0.39, 0.29) is 24.7 Å². The smallest absolute Gasteiger partial charge is 0.306 e. The Kier molecular flexibility index (Phi) is 8.19. The van der Waals surface area contributed by atoms with Crippen molar-refractivity contribution in [1.82, 2.24) is 0 Å². The van der Waals surface area contributed by atoms with Gasteiger partial charge < -0.3 is 14.8 Å². The number of aryl methyl sites for hydroxylation is 1. The summed E-state index contributed by atoms with van der Waals surface area (Å²) >= 11 is 0. The van der Waals surface area contributed by atoms with E-state index in [2.05, 4.69) is 5.32 Å². The van der Waals surface area contributed by atoms with Gasteiger partial charge in [0.15, 0.2) is 0 Å². The Morgan fingerprint density at radius 2 is 1.69 bits per heavy atom. The maximum atomic E-state index is 11.9. The van der Waals surface area contributed by atoms with Crippen molar-refractivity contribution in [3.8, 4) is 5.75 Å². The molecule has 0 spiro atoms. The van der Waals surface area contributed by atoms with Crippen LogP contribution in [-0.4, -0.2) is 25.1 Å². The Bertz CT molecular complexity index is 683. The largest absolute Gasteiger partial charge is 0.494 e. The number of hydrogen-bond acceptors (Lipinski definition) is 4. The fourth-order valence-corrected chi connectivity index (χ4v) is 2.42. The quantitative estimate of drug-likeness (QED) is 0.517. The van der Waals surface area contributed by atoms with E-state index < -0.39 is 0 Å². The molecule has 5 nitrogen and oxygen atoms in total. The van der Waals surface area contributed by atoms with Crippen LogP contribution in [0.4, 0.5) is 5.69 Å². The summed E-state index contributed by atoms with van der Waals surface area (Å²) in [7, 11) is 0. The van der Waals surface area contributed by atoms with Crippen molar-refractivity contribution < 1.29 is 19.1 Å². The number of nitrogens with one attached hydrogen (secondary N) is 1. The standard InChI is InChI=1S/C21H25NO4/c1-2-25-19-12-10-18(11-13-19)22-20(23)14-15-21(24)26-16-6-9-17-7-4-3-5-8-17/h3-5,7-8,10-13H,2,6,9,14-16H2,1H3,(H,22,23). The highest BCUT2D eigenvalue weighted by molar-refractivity contribution is 5.92. The molecule has 0 atom stereocenters. The average Bonchev–Trinajstić information content (AvgIpc) is 2.66. The lowest BCUT2D eigenvalue weighted by atomic mass is 10.1. The van der Waals surface area contributed by atoms with E-state index in [1.807, 2.05) is 37.3 Å². The molecule has 0 saturated heterocycles. The van der Waals surface area contributed by atoms with Crippen molar-refractivity contribution in [3.63, 3.8) is 0 Å². The van der Waals surface area contributed by atoms with Crippen LogP contribution in [-0.2, 0) is 20.7 Å². The second-order valence-electron chi connectivity index (χ2n) is 5.82. The summed E-state index contributed by atoms with van der Waals surface area (Å²) in [5.74, 6) is 0.194. The van der Waals surface area contributed by atoms with Gasteiger partial charge in [0.1, 0.15) is 5.75 Å². The number of rotatable bonds is 10. The fourth-order valence-electron chi connectivity index (χ4n) is 2.42. The van der Waals surface area contributed by atoms with Crippen molar-refractivity contribution in [2.75, 3.05) is 18.5 Å². The predicted octanol–water partition coefficient (Wildman–Crippen LogP) is 3.98. The van der Waals surface area contributed by atoms with E-state index in [1.165, 1.54) is 5.56 Å². The molecular weight excluding hydrogens is 330 g/mol. The first-order valence-corrected chi connectivity index (χ1v) is 8.89. The number of hydrogen-bond donors (Lipinski definition) is 1. The van der Waals surface area contributed by atoms with Gasteiger partial charge in [-0.15, -0.1) is 0 Å². The van der Waals surface area contributed by atoms with Crippen molar-refractivity contribution in [1.29, 1.82) is 0 Å². The molecule has 0 saturated carbocycles. The van der Waals surface area contributed by atoms with Crippen LogP contribution < -0.4 is 10.1 Å². The van der Waals surface area contributed by atoms with Gasteiger partial charge in [0.2, 0.25) is 5.91 Å². The summed E-state index contributed by atoms with van der Waals surface area (Å²) in [6, 6.07) is 17.2. The fraction of sp³-hybridized carbons (Fsp3) is 0.333. The Morgan fingerprint density at radius 3 is 2.38 bits per heavy atom. The third-order valence-electron chi connectivity index (χ3n) is 3.72. The van der Waals surface area contributed by atoms with Gasteiger partial charge >= 0.3 is 5.97 Å². The van der Waals surface area contributed by atoms with Crippen molar-refractivity contribution in [2.24, 2.45) is 0 Å². The van der Waals surface area contributed by atoms with Crippen molar-refractivity contribution >= 4 is 17.6 Å². The topological polar surface area (TPSA) is 64.6 Å². The van der Waals surface area contributed by atoms with Crippen LogP contribution >= 0.6 is 0 Å². The van der Waals surface area contributed by atoms with Crippen LogP contribution in [0.3, 0.4) is 0 Å². The monoisotopic (exact) mass is 355 g/mol. The van der Waals surface area contributed by atoms with Gasteiger partial charge in [-0.1, -0.05) is 30.3 Å². The molecule has 0 aliphatic carbocycles. The molecule has 138 valence electrons. The predicted molar refractivity (Wildman–Crippen MR) is 101 cm³/mol. The van der Waals surface area contributed by atoms with Gasteiger partial charge in [-0.05, 0) is 49.6 Å². The summed E-state index contributed by atoms with van der Waals surface area (Å²) < 4.78 is 10.5. The molecule has 0 aliphatic heterocycles.